The molecular weight excluding hydrogens is 367 g/mol. The zero-order valence-electron chi connectivity index (χ0n) is 10.4. The number of nitrogens with one attached hydrogen (secondary N) is 1. The molecule has 2 aromatic rings. The van der Waals surface area contributed by atoms with Crippen LogP contribution in [0.15, 0.2) is 57.9 Å². The Morgan fingerprint density at radius 2 is 1.67 bits per heavy atom. The summed E-state index contributed by atoms with van der Waals surface area (Å²) in [6, 6.07) is 12.5. The lowest BCUT2D eigenvalue weighted by Crippen LogP contribution is -2.13. The Bertz CT molecular complexity index is 661. The van der Waals surface area contributed by atoms with E-state index in [0.29, 0.717) is 10.0 Å². The van der Waals surface area contributed by atoms with Gasteiger partial charge in [0.1, 0.15) is 0 Å². The van der Waals surface area contributed by atoms with Crippen LogP contribution in [0.5, 0.6) is 0 Å². The van der Waals surface area contributed by atoms with E-state index in [0.717, 1.165) is 0 Å². The van der Waals surface area contributed by atoms with Crippen molar-refractivity contribution in [1.29, 1.82) is 0 Å². The van der Waals surface area contributed by atoms with E-state index in [1.54, 1.807) is 30.3 Å². The lowest BCUT2D eigenvalue weighted by Gasteiger charge is -2.12. The van der Waals surface area contributed by atoms with Crippen molar-refractivity contribution >= 4 is 39.3 Å². The molecule has 0 aromatic heterocycles. The van der Waals surface area contributed by atoms with Gasteiger partial charge in [0.25, 0.3) is 5.91 Å². The Morgan fingerprint density at radius 3 is 2.33 bits per heavy atom. The molecule has 21 heavy (non-hydrogen) atoms. The summed E-state index contributed by atoms with van der Waals surface area (Å²) in [5.74, 6) is -0.474. The van der Waals surface area contributed by atoms with Gasteiger partial charge in [0.15, 0.2) is 0 Å². The topological polar surface area (TPSA) is 29.1 Å². The summed E-state index contributed by atoms with van der Waals surface area (Å²) >= 11 is 2.97. The van der Waals surface area contributed by atoms with Crippen molar-refractivity contribution in [3.63, 3.8) is 0 Å². The summed E-state index contributed by atoms with van der Waals surface area (Å²) in [6.45, 7) is 0. The second-order valence-electron chi connectivity index (χ2n) is 3.98. The number of alkyl halides is 3. The molecule has 0 radical (unpaired) electrons. The van der Waals surface area contributed by atoms with E-state index in [1.807, 2.05) is 0 Å². The summed E-state index contributed by atoms with van der Waals surface area (Å²) in [5.41, 5.74) is -3.93. The fraction of sp³-hybridized carbons (Fsp3) is 0.0714. The van der Waals surface area contributed by atoms with Gasteiger partial charge in [-0.25, -0.2) is 0 Å². The van der Waals surface area contributed by atoms with Gasteiger partial charge in [0.2, 0.25) is 0 Å². The van der Waals surface area contributed by atoms with Crippen LogP contribution in [-0.2, 0) is 0 Å². The van der Waals surface area contributed by atoms with Gasteiger partial charge in [0.05, 0.1) is 11.3 Å². The molecule has 1 N–H and O–H groups in total. The first-order valence-corrected chi connectivity index (χ1v) is 7.38. The van der Waals surface area contributed by atoms with Crippen molar-refractivity contribution in [3.8, 4) is 0 Å². The Labute approximate surface area is 131 Å². The van der Waals surface area contributed by atoms with Crippen LogP contribution in [0.25, 0.3) is 0 Å². The molecule has 0 saturated heterocycles. The van der Waals surface area contributed by atoms with Gasteiger partial charge in [-0.3, -0.25) is 4.79 Å². The van der Waals surface area contributed by atoms with Gasteiger partial charge in [0, 0.05) is 9.37 Å². The van der Waals surface area contributed by atoms with Crippen molar-refractivity contribution in [3.05, 3.63) is 58.6 Å². The summed E-state index contributed by atoms with van der Waals surface area (Å²) < 4.78 is 38.0. The highest BCUT2D eigenvalue weighted by molar-refractivity contribution is 9.10. The maximum atomic E-state index is 12.5. The second kappa shape index (κ2) is 6.53. The van der Waals surface area contributed by atoms with Crippen LogP contribution < -0.4 is 5.32 Å². The van der Waals surface area contributed by atoms with E-state index >= 15 is 0 Å². The maximum Gasteiger partial charge on any atom is 0.446 e. The van der Waals surface area contributed by atoms with Crippen LogP contribution in [-0.4, -0.2) is 11.4 Å². The molecule has 0 aliphatic heterocycles. The molecule has 1 amide bonds. The van der Waals surface area contributed by atoms with Gasteiger partial charge in [-0.2, -0.15) is 13.2 Å². The van der Waals surface area contributed by atoms with Crippen LogP contribution in [0.1, 0.15) is 10.4 Å². The van der Waals surface area contributed by atoms with Crippen molar-refractivity contribution in [1.82, 2.24) is 0 Å². The fourth-order valence-corrected chi connectivity index (χ4v) is 2.71. The van der Waals surface area contributed by atoms with Crippen molar-refractivity contribution in [2.24, 2.45) is 0 Å². The third-order valence-corrected chi connectivity index (χ3v) is 3.98. The van der Waals surface area contributed by atoms with Crippen molar-refractivity contribution < 1.29 is 18.0 Å². The van der Waals surface area contributed by atoms with Gasteiger partial charge in [-0.15, -0.1) is 0 Å². The van der Waals surface area contributed by atoms with E-state index in [2.05, 4.69) is 21.2 Å². The molecule has 7 heteroatoms. The van der Waals surface area contributed by atoms with Gasteiger partial charge < -0.3 is 5.32 Å². The number of anilines is 1. The lowest BCUT2D eigenvalue weighted by molar-refractivity contribution is -0.0328. The summed E-state index contributed by atoms with van der Waals surface area (Å²) in [6.07, 6.45) is 0. The van der Waals surface area contributed by atoms with E-state index in [-0.39, 0.29) is 22.3 Å². The Kier molecular flexibility index (Phi) is 4.95. The monoisotopic (exact) mass is 375 g/mol. The van der Waals surface area contributed by atoms with Crippen LogP contribution in [0.2, 0.25) is 0 Å². The van der Waals surface area contributed by atoms with E-state index in [4.69, 9.17) is 0 Å². The number of para-hydroxylation sites is 1. The molecule has 110 valence electrons. The second-order valence-corrected chi connectivity index (χ2v) is 5.94. The van der Waals surface area contributed by atoms with Gasteiger partial charge in [-0.05, 0) is 52.0 Å². The molecular formula is C14H9BrF3NOS. The molecule has 0 unspecified atom stereocenters. The number of rotatable bonds is 3. The molecule has 0 aliphatic rings. The first-order chi connectivity index (χ1) is 9.87. The molecule has 0 bridgehead atoms. The molecule has 0 aliphatic carbocycles. The SMILES string of the molecule is O=C(Nc1ccccc1SC(F)(F)F)c1ccccc1Br. The molecule has 0 heterocycles. The van der Waals surface area contributed by atoms with Crippen LogP contribution in [0.4, 0.5) is 18.9 Å². The molecule has 0 spiro atoms. The Hall–Kier alpha value is -1.47. The number of benzene rings is 2. The lowest BCUT2D eigenvalue weighted by atomic mass is 10.2. The zero-order chi connectivity index (χ0) is 15.5. The largest absolute Gasteiger partial charge is 0.446 e. The quantitative estimate of drug-likeness (QED) is 0.736. The standard InChI is InChI=1S/C14H9BrF3NOS/c15-10-6-2-1-5-9(10)13(20)19-11-7-3-4-8-12(11)21-14(16,17)18/h1-8H,(H,19,20). The fourth-order valence-electron chi connectivity index (χ4n) is 1.62. The van der Waals surface area contributed by atoms with E-state index < -0.39 is 11.4 Å². The number of carbonyl (C=O) groups is 1. The first-order valence-electron chi connectivity index (χ1n) is 5.77. The summed E-state index contributed by atoms with van der Waals surface area (Å²) in [4.78, 5) is 12.1. The average molecular weight is 376 g/mol. The minimum atomic E-state index is -4.41. The van der Waals surface area contributed by atoms with E-state index in [1.165, 1.54) is 18.2 Å². The minimum Gasteiger partial charge on any atom is -0.321 e. The molecule has 2 nitrogen and oxygen atoms in total. The van der Waals surface area contributed by atoms with Crippen molar-refractivity contribution in [2.75, 3.05) is 5.32 Å². The minimum absolute atomic E-state index is 0.0506. The highest BCUT2D eigenvalue weighted by atomic mass is 79.9. The molecule has 0 fully saturated rings. The van der Waals surface area contributed by atoms with Crippen LogP contribution in [0.3, 0.4) is 0 Å². The van der Waals surface area contributed by atoms with E-state index in [9.17, 15) is 18.0 Å². The number of hydrogen-bond acceptors (Lipinski definition) is 2. The first kappa shape index (κ1) is 15.9. The summed E-state index contributed by atoms with van der Waals surface area (Å²) in [7, 11) is 0. The number of carbonyl (C=O) groups excluding carboxylic acids is 1. The third kappa shape index (κ3) is 4.50. The van der Waals surface area contributed by atoms with Crippen LogP contribution in [0, 0.1) is 0 Å². The smallest absolute Gasteiger partial charge is 0.321 e. The average Bonchev–Trinajstić information content (AvgIpc) is 2.40. The maximum absolute atomic E-state index is 12.5. The number of halogens is 4. The number of hydrogen-bond donors (Lipinski definition) is 1. The Balaban J connectivity index is 2.24. The molecule has 0 atom stereocenters. The third-order valence-electron chi connectivity index (χ3n) is 2.48. The normalized spacial score (nSPS) is 11.2. The molecule has 2 aromatic carbocycles. The highest BCUT2D eigenvalue weighted by Crippen LogP contribution is 2.40. The Morgan fingerprint density at radius 1 is 1.05 bits per heavy atom. The zero-order valence-corrected chi connectivity index (χ0v) is 12.8. The predicted octanol–water partition coefficient (Wildman–Crippen LogP) is 5.31. The van der Waals surface area contributed by atoms with Crippen LogP contribution >= 0.6 is 27.7 Å². The number of amides is 1. The van der Waals surface area contributed by atoms with Crippen molar-refractivity contribution in [2.45, 2.75) is 10.4 Å². The molecule has 2 rings (SSSR count). The molecule has 0 saturated carbocycles. The van der Waals surface area contributed by atoms with Gasteiger partial charge >= 0.3 is 5.51 Å². The predicted molar refractivity (Wildman–Crippen MR) is 80.4 cm³/mol. The number of thioether (sulfide) groups is 1. The van der Waals surface area contributed by atoms with Gasteiger partial charge in [-0.1, -0.05) is 24.3 Å². The highest BCUT2D eigenvalue weighted by Gasteiger charge is 2.30. The summed E-state index contributed by atoms with van der Waals surface area (Å²) in [5, 5.41) is 2.50.